The van der Waals surface area contributed by atoms with Crippen molar-refractivity contribution in [2.45, 2.75) is 32.0 Å². The summed E-state index contributed by atoms with van der Waals surface area (Å²) in [7, 11) is 0. The first-order valence-electron chi connectivity index (χ1n) is 6.85. The van der Waals surface area contributed by atoms with Gasteiger partial charge in [-0.15, -0.1) is 11.3 Å². The van der Waals surface area contributed by atoms with Crippen LogP contribution < -0.4 is 5.32 Å². The molecule has 0 bridgehead atoms. The van der Waals surface area contributed by atoms with Crippen LogP contribution in [0.4, 0.5) is 0 Å². The van der Waals surface area contributed by atoms with Crippen LogP contribution in [-0.4, -0.2) is 23.4 Å². The fourth-order valence-corrected chi connectivity index (χ4v) is 3.51. The molecule has 1 N–H and O–H groups in total. The molecule has 0 atom stereocenters. The lowest BCUT2D eigenvalue weighted by Crippen LogP contribution is -2.37. The largest absolute Gasteiger partial charge is 0.350 e. The lowest BCUT2D eigenvalue weighted by atomic mass is 10.3. The number of nitrogens with one attached hydrogen (secondary N) is 1. The van der Waals surface area contributed by atoms with Crippen molar-refractivity contribution < 1.29 is 4.79 Å². The highest BCUT2D eigenvalue weighted by molar-refractivity contribution is 7.09. The summed E-state index contributed by atoms with van der Waals surface area (Å²) in [6.07, 6.45) is 2.45. The van der Waals surface area contributed by atoms with Crippen LogP contribution >= 0.6 is 22.7 Å². The van der Waals surface area contributed by atoms with Crippen LogP contribution in [0.3, 0.4) is 0 Å². The van der Waals surface area contributed by atoms with E-state index in [1.54, 1.807) is 22.7 Å². The lowest BCUT2D eigenvalue weighted by molar-refractivity contribution is -0.122. The molecule has 0 spiro atoms. The number of carbonyl (C=O) groups excluding carboxylic acids is 1. The lowest BCUT2D eigenvalue weighted by Gasteiger charge is -2.20. The van der Waals surface area contributed by atoms with Crippen LogP contribution in [0.25, 0.3) is 0 Å². The molecule has 3 rings (SSSR count). The molecule has 1 aliphatic carbocycles. The van der Waals surface area contributed by atoms with Gasteiger partial charge in [0.15, 0.2) is 0 Å². The van der Waals surface area contributed by atoms with Crippen molar-refractivity contribution in [1.82, 2.24) is 10.2 Å². The van der Waals surface area contributed by atoms with Crippen molar-refractivity contribution in [2.75, 3.05) is 6.54 Å². The molecule has 0 aliphatic heterocycles. The maximum absolute atomic E-state index is 12.1. The van der Waals surface area contributed by atoms with Crippen molar-refractivity contribution in [1.29, 1.82) is 0 Å². The van der Waals surface area contributed by atoms with Crippen molar-refractivity contribution in [3.8, 4) is 0 Å². The van der Waals surface area contributed by atoms with Gasteiger partial charge in [-0.05, 0) is 46.7 Å². The van der Waals surface area contributed by atoms with Gasteiger partial charge in [0.2, 0.25) is 5.91 Å². The first-order valence-corrected chi connectivity index (χ1v) is 8.68. The fourth-order valence-electron chi connectivity index (χ4n) is 2.21. The van der Waals surface area contributed by atoms with E-state index < -0.39 is 0 Å². The summed E-state index contributed by atoms with van der Waals surface area (Å²) in [5, 5.41) is 9.31. The molecule has 0 aromatic carbocycles. The molecule has 2 aromatic heterocycles. The van der Waals surface area contributed by atoms with Gasteiger partial charge in [-0.25, -0.2) is 0 Å². The van der Waals surface area contributed by atoms with E-state index in [1.165, 1.54) is 23.3 Å². The van der Waals surface area contributed by atoms with Crippen molar-refractivity contribution >= 4 is 28.6 Å². The molecule has 106 valence electrons. The smallest absolute Gasteiger partial charge is 0.234 e. The Morgan fingerprint density at radius 3 is 2.90 bits per heavy atom. The molecule has 0 radical (unpaired) electrons. The molecule has 0 saturated heterocycles. The number of nitrogens with zero attached hydrogens (tertiary/aromatic N) is 1. The molecule has 0 unspecified atom stereocenters. The first kappa shape index (κ1) is 13.8. The third-order valence-electron chi connectivity index (χ3n) is 3.42. The Balaban J connectivity index is 1.49. The zero-order valence-electron chi connectivity index (χ0n) is 11.2. The molecule has 1 saturated carbocycles. The molecule has 1 aliphatic rings. The quantitative estimate of drug-likeness (QED) is 0.852. The highest BCUT2D eigenvalue weighted by Crippen LogP contribution is 2.28. The second-order valence-corrected chi connectivity index (χ2v) is 6.94. The standard InChI is InChI=1S/C15H18N2OS2/c18-15(16-8-14-2-1-6-20-14)10-17(13-3-4-13)9-12-5-7-19-11-12/h1-2,5-7,11,13H,3-4,8-10H2,(H,16,18). The van der Waals surface area contributed by atoms with E-state index in [1.807, 2.05) is 11.4 Å². The van der Waals surface area contributed by atoms with Gasteiger partial charge >= 0.3 is 0 Å². The Morgan fingerprint density at radius 1 is 1.35 bits per heavy atom. The highest BCUT2D eigenvalue weighted by Gasteiger charge is 2.30. The van der Waals surface area contributed by atoms with Crippen LogP contribution in [0.15, 0.2) is 34.3 Å². The Hall–Kier alpha value is -1.17. The predicted molar refractivity (Wildman–Crippen MR) is 83.9 cm³/mol. The van der Waals surface area contributed by atoms with Crippen molar-refractivity contribution in [3.63, 3.8) is 0 Å². The Morgan fingerprint density at radius 2 is 2.25 bits per heavy atom. The van der Waals surface area contributed by atoms with E-state index in [0.717, 1.165) is 6.54 Å². The molecule has 3 nitrogen and oxygen atoms in total. The van der Waals surface area contributed by atoms with Gasteiger partial charge < -0.3 is 5.32 Å². The fraction of sp³-hybridized carbons (Fsp3) is 0.400. The maximum atomic E-state index is 12.1. The minimum Gasteiger partial charge on any atom is -0.350 e. The number of rotatable bonds is 7. The molecule has 5 heteroatoms. The predicted octanol–water partition coefficient (Wildman–Crippen LogP) is 3.09. The molecule has 2 aromatic rings. The summed E-state index contributed by atoms with van der Waals surface area (Å²) in [4.78, 5) is 15.6. The monoisotopic (exact) mass is 306 g/mol. The molecular weight excluding hydrogens is 288 g/mol. The SMILES string of the molecule is O=C(CN(Cc1ccsc1)C1CC1)NCc1cccs1. The maximum Gasteiger partial charge on any atom is 0.234 e. The summed E-state index contributed by atoms with van der Waals surface area (Å²) < 4.78 is 0. The first-order chi connectivity index (χ1) is 9.81. The molecule has 1 amide bonds. The number of hydrogen-bond donors (Lipinski definition) is 1. The average molecular weight is 306 g/mol. The van der Waals surface area contributed by atoms with E-state index in [0.29, 0.717) is 19.1 Å². The summed E-state index contributed by atoms with van der Waals surface area (Å²) in [5.41, 5.74) is 1.31. The van der Waals surface area contributed by atoms with Gasteiger partial charge in [0, 0.05) is 17.5 Å². The van der Waals surface area contributed by atoms with Crippen LogP contribution in [0.1, 0.15) is 23.3 Å². The summed E-state index contributed by atoms with van der Waals surface area (Å²) in [6.45, 7) is 2.04. The van der Waals surface area contributed by atoms with E-state index in [4.69, 9.17) is 0 Å². The van der Waals surface area contributed by atoms with E-state index >= 15 is 0 Å². The van der Waals surface area contributed by atoms with E-state index in [-0.39, 0.29) is 5.91 Å². The number of carbonyl (C=O) groups is 1. The van der Waals surface area contributed by atoms with Gasteiger partial charge in [0.05, 0.1) is 13.1 Å². The molecule has 1 fully saturated rings. The van der Waals surface area contributed by atoms with Gasteiger partial charge in [0.25, 0.3) is 0 Å². The van der Waals surface area contributed by atoms with Gasteiger partial charge in [-0.2, -0.15) is 11.3 Å². The molecular formula is C15H18N2OS2. The topological polar surface area (TPSA) is 32.3 Å². The van der Waals surface area contributed by atoms with E-state index in [2.05, 4.69) is 33.1 Å². The van der Waals surface area contributed by atoms with Crippen LogP contribution in [0.2, 0.25) is 0 Å². The third kappa shape index (κ3) is 3.91. The van der Waals surface area contributed by atoms with Crippen LogP contribution in [0, 0.1) is 0 Å². The zero-order chi connectivity index (χ0) is 13.8. The Bertz CT molecular complexity index is 532. The normalized spacial score (nSPS) is 14.7. The highest BCUT2D eigenvalue weighted by atomic mass is 32.1. The van der Waals surface area contributed by atoms with Gasteiger partial charge in [0.1, 0.15) is 0 Å². The summed E-state index contributed by atoms with van der Waals surface area (Å²) >= 11 is 3.39. The van der Waals surface area contributed by atoms with Crippen molar-refractivity contribution in [3.05, 3.63) is 44.8 Å². The second kappa shape index (κ2) is 6.52. The van der Waals surface area contributed by atoms with Crippen molar-refractivity contribution in [2.24, 2.45) is 0 Å². The van der Waals surface area contributed by atoms with E-state index in [9.17, 15) is 4.79 Å². The van der Waals surface area contributed by atoms with Gasteiger partial charge in [-0.1, -0.05) is 6.07 Å². The second-order valence-electron chi connectivity index (χ2n) is 5.12. The van der Waals surface area contributed by atoms with Crippen LogP contribution in [-0.2, 0) is 17.9 Å². The summed E-state index contributed by atoms with van der Waals surface area (Å²) in [5.74, 6) is 0.125. The minimum atomic E-state index is 0.125. The number of hydrogen-bond acceptors (Lipinski definition) is 4. The number of amides is 1. The molecule has 20 heavy (non-hydrogen) atoms. The van der Waals surface area contributed by atoms with Crippen LogP contribution in [0.5, 0.6) is 0 Å². The summed E-state index contributed by atoms with van der Waals surface area (Å²) in [6, 6.07) is 6.81. The average Bonchev–Trinajstić information content (AvgIpc) is 2.94. The number of thiophene rings is 2. The van der Waals surface area contributed by atoms with Gasteiger partial charge in [-0.3, -0.25) is 9.69 Å². The third-order valence-corrected chi connectivity index (χ3v) is 5.02. The Kier molecular flexibility index (Phi) is 4.50. The molecule has 2 heterocycles. The Labute approximate surface area is 127 Å². The zero-order valence-corrected chi connectivity index (χ0v) is 12.9. The minimum absolute atomic E-state index is 0.125.